The van der Waals surface area contributed by atoms with E-state index in [0.717, 1.165) is 0 Å². The van der Waals surface area contributed by atoms with E-state index in [2.05, 4.69) is 0 Å². The number of nitriles is 1. The molecule has 0 spiro atoms. The molecule has 0 aliphatic heterocycles. The third-order valence-electron chi connectivity index (χ3n) is 2.28. The normalized spacial score (nSPS) is 9.75. The number of hydrogen-bond donors (Lipinski definition) is 1. The Morgan fingerprint density at radius 1 is 1.06 bits per heavy atom. The predicted octanol–water partition coefficient (Wildman–Crippen LogP) is 3.07. The van der Waals surface area contributed by atoms with E-state index in [0.29, 0.717) is 11.1 Å². The minimum atomic E-state index is -0.332. The molecule has 16 heavy (non-hydrogen) atoms. The molecule has 1 N–H and O–H groups in total. The molecule has 0 saturated heterocycles. The summed E-state index contributed by atoms with van der Waals surface area (Å²) in [6.07, 6.45) is 0. The zero-order valence-electron chi connectivity index (χ0n) is 8.31. The van der Waals surface area contributed by atoms with E-state index in [9.17, 15) is 9.50 Å². The fraction of sp³-hybridized carbons (Fsp3) is 0. The van der Waals surface area contributed by atoms with Crippen molar-refractivity contribution in [1.82, 2.24) is 0 Å². The molecule has 0 saturated carbocycles. The van der Waals surface area contributed by atoms with Gasteiger partial charge in [-0.25, -0.2) is 4.39 Å². The number of aromatic hydroxyl groups is 1. The molecule has 78 valence electrons. The van der Waals surface area contributed by atoms with Crippen LogP contribution in [0.2, 0.25) is 0 Å². The summed E-state index contributed by atoms with van der Waals surface area (Å²) in [4.78, 5) is 0. The topological polar surface area (TPSA) is 44.0 Å². The Labute approximate surface area is 92.2 Å². The van der Waals surface area contributed by atoms with Crippen LogP contribution in [-0.2, 0) is 0 Å². The SMILES string of the molecule is N#Cc1ccc(-c2cccc(F)c2)cc1O. The second kappa shape index (κ2) is 4.03. The highest BCUT2D eigenvalue weighted by Gasteiger charge is 2.04. The van der Waals surface area contributed by atoms with Crippen LogP contribution < -0.4 is 0 Å². The highest BCUT2D eigenvalue weighted by Crippen LogP contribution is 2.26. The molecule has 0 bridgehead atoms. The Morgan fingerprint density at radius 3 is 2.44 bits per heavy atom. The van der Waals surface area contributed by atoms with E-state index in [1.54, 1.807) is 18.2 Å². The molecule has 0 atom stereocenters. The lowest BCUT2D eigenvalue weighted by molar-refractivity contribution is 0.474. The van der Waals surface area contributed by atoms with Gasteiger partial charge in [-0.2, -0.15) is 5.26 Å². The molecule has 0 amide bonds. The van der Waals surface area contributed by atoms with Crippen molar-refractivity contribution in [3.63, 3.8) is 0 Å². The van der Waals surface area contributed by atoms with Gasteiger partial charge in [-0.15, -0.1) is 0 Å². The van der Waals surface area contributed by atoms with Crippen LogP contribution in [0.4, 0.5) is 4.39 Å². The first kappa shape index (κ1) is 10.2. The van der Waals surface area contributed by atoms with Gasteiger partial charge < -0.3 is 5.11 Å². The van der Waals surface area contributed by atoms with Gasteiger partial charge in [0.25, 0.3) is 0 Å². The van der Waals surface area contributed by atoms with Crippen molar-refractivity contribution in [3.05, 3.63) is 53.8 Å². The zero-order valence-corrected chi connectivity index (χ0v) is 8.31. The molecular formula is C13H8FNO. The minimum absolute atomic E-state index is 0.0933. The number of phenolic OH excluding ortho intramolecular Hbond substituents is 1. The van der Waals surface area contributed by atoms with Gasteiger partial charge in [0.15, 0.2) is 0 Å². The highest BCUT2D eigenvalue weighted by atomic mass is 19.1. The van der Waals surface area contributed by atoms with Gasteiger partial charge >= 0.3 is 0 Å². The molecule has 2 rings (SSSR count). The van der Waals surface area contributed by atoms with Crippen molar-refractivity contribution in [1.29, 1.82) is 5.26 Å². The zero-order chi connectivity index (χ0) is 11.5. The van der Waals surface area contributed by atoms with Crippen LogP contribution in [0, 0.1) is 17.1 Å². The third kappa shape index (κ3) is 1.86. The first-order chi connectivity index (χ1) is 7.70. The predicted molar refractivity (Wildman–Crippen MR) is 58.2 cm³/mol. The lowest BCUT2D eigenvalue weighted by Gasteiger charge is -2.03. The highest BCUT2D eigenvalue weighted by molar-refractivity contribution is 5.67. The van der Waals surface area contributed by atoms with Gasteiger partial charge in [-0.05, 0) is 35.4 Å². The van der Waals surface area contributed by atoms with E-state index < -0.39 is 0 Å². The summed E-state index contributed by atoms with van der Waals surface area (Å²) >= 11 is 0. The molecule has 0 unspecified atom stereocenters. The third-order valence-corrected chi connectivity index (χ3v) is 2.28. The van der Waals surface area contributed by atoms with E-state index in [1.807, 2.05) is 6.07 Å². The molecule has 0 heterocycles. The van der Waals surface area contributed by atoms with Crippen molar-refractivity contribution in [2.75, 3.05) is 0 Å². The average molecular weight is 213 g/mol. The minimum Gasteiger partial charge on any atom is -0.507 e. The fourth-order valence-electron chi connectivity index (χ4n) is 1.47. The molecule has 0 aliphatic rings. The summed E-state index contributed by atoms with van der Waals surface area (Å²) in [7, 11) is 0. The number of nitrogens with zero attached hydrogens (tertiary/aromatic N) is 1. The average Bonchev–Trinajstić information content (AvgIpc) is 2.29. The maximum atomic E-state index is 13.0. The summed E-state index contributed by atoms with van der Waals surface area (Å²) in [5, 5.41) is 18.2. The Hall–Kier alpha value is -2.34. The second-order valence-corrected chi connectivity index (χ2v) is 3.35. The molecular weight excluding hydrogens is 205 g/mol. The first-order valence-electron chi connectivity index (χ1n) is 4.70. The van der Waals surface area contributed by atoms with E-state index in [-0.39, 0.29) is 17.1 Å². The van der Waals surface area contributed by atoms with Crippen LogP contribution >= 0.6 is 0 Å². The number of rotatable bonds is 1. The maximum Gasteiger partial charge on any atom is 0.133 e. The summed E-state index contributed by atoms with van der Waals surface area (Å²) in [5.41, 5.74) is 1.55. The van der Waals surface area contributed by atoms with E-state index in [4.69, 9.17) is 5.26 Å². The van der Waals surface area contributed by atoms with Crippen LogP contribution in [0.5, 0.6) is 5.75 Å². The van der Waals surface area contributed by atoms with Gasteiger partial charge in [0.1, 0.15) is 17.6 Å². The number of halogens is 1. The van der Waals surface area contributed by atoms with Crippen molar-refractivity contribution >= 4 is 0 Å². The molecule has 0 fully saturated rings. The van der Waals surface area contributed by atoms with Gasteiger partial charge in [0, 0.05) is 0 Å². The molecule has 2 aromatic rings. The lowest BCUT2D eigenvalue weighted by atomic mass is 10.0. The van der Waals surface area contributed by atoms with E-state index >= 15 is 0 Å². The Kier molecular flexibility index (Phi) is 2.57. The summed E-state index contributed by atoms with van der Waals surface area (Å²) in [5.74, 6) is -0.425. The molecule has 0 aliphatic carbocycles. The van der Waals surface area contributed by atoms with Gasteiger partial charge in [0.05, 0.1) is 5.56 Å². The van der Waals surface area contributed by atoms with Crippen molar-refractivity contribution in [2.45, 2.75) is 0 Å². The number of phenols is 1. The summed E-state index contributed by atoms with van der Waals surface area (Å²) in [6, 6.07) is 12.6. The number of hydrogen-bond acceptors (Lipinski definition) is 2. The van der Waals surface area contributed by atoms with Crippen LogP contribution in [0.15, 0.2) is 42.5 Å². The molecule has 2 nitrogen and oxygen atoms in total. The monoisotopic (exact) mass is 213 g/mol. The van der Waals surface area contributed by atoms with Gasteiger partial charge in [0.2, 0.25) is 0 Å². The van der Waals surface area contributed by atoms with Gasteiger partial charge in [-0.1, -0.05) is 18.2 Å². The van der Waals surface area contributed by atoms with Crippen LogP contribution in [-0.4, -0.2) is 5.11 Å². The second-order valence-electron chi connectivity index (χ2n) is 3.35. The maximum absolute atomic E-state index is 13.0. The molecule has 3 heteroatoms. The van der Waals surface area contributed by atoms with E-state index in [1.165, 1.54) is 24.3 Å². The van der Waals surface area contributed by atoms with Crippen LogP contribution in [0.3, 0.4) is 0 Å². The summed E-state index contributed by atoms with van der Waals surface area (Å²) in [6.45, 7) is 0. The Bertz CT molecular complexity index is 572. The van der Waals surface area contributed by atoms with Crippen LogP contribution in [0.25, 0.3) is 11.1 Å². The largest absolute Gasteiger partial charge is 0.507 e. The molecule has 2 aromatic carbocycles. The molecule has 0 aromatic heterocycles. The standard InChI is InChI=1S/C13H8FNO/c14-12-3-1-2-9(6-12)10-4-5-11(8-15)13(16)7-10/h1-7,16H. The quantitative estimate of drug-likeness (QED) is 0.791. The molecule has 0 radical (unpaired) electrons. The number of benzene rings is 2. The van der Waals surface area contributed by atoms with Crippen molar-refractivity contribution in [2.24, 2.45) is 0 Å². The fourth-order valence-corrected chi connectivity index (χ4v) is 1.47. The van der Waals surface area contributed by atoms with Crippen LogP contribution in [0.1, 0.15) is 5.56 Å². The smallest absolute Gasteiger partial charge is 0.133 e. The van der Waals surface area contributed by atoms with Crippen molar-refractivity contribution in [3.8, 4) is 22.9 Å². The van der Waals surface area contributed by atoms with Crippen molar-refractivity contribution < 1.29 is 9.50 Å². The Balaban J connectivity index is 2.50. The summed E-state index contributed by atoms with van der Waals surface area (Å²) < 4.78 is 13.0. The first-order valence-corrected chi connectivity index (χ1v) is 4.70. The Morgan fingerprint density at radius 2 is 1.81 bits per heavy atom. The lowest BCUT2D eigenvalue weighted by Crippen LogP contribution is -1.82. The van der Waals surface area contributed by atoms with Gasteiger partial charge in [-0.3, -0.25) is 0 Å².